The molecule has 20 heavy (non-hydrogen) atoms. The number of hydrogen-bond acceptors (Lipinski definition) is 4. The predicted molar refractivity (Wildman–Crippen MR) is 80.0 cm³/mol. The lowest BCUT2D eigenvalue weighted by atomic mass is 9.80. The Kier molecular flexibility index (Phi) is 4.98. The van der Waals surface area contributed by atoms with Gasteiger partial charge in [-0.15, -0.1) is 0 Å². The first-order valence-electron chi connectivity index (χ1n) is 7.00. The molecule has 4 nitrogen and oxygen atoms in total. The van der Waals surface area contributed by atoms with Crippen LogP contribution >= 0.6 is 0 Å². The topological polar surface area (TPSA) is 49.8 Å². The SMILES string of the molecule is CCOC(=O)C1=C(c2ccccc2)CCN(B(C)O)C1. The number of esters is 1. The molecule has 0 aliphatic carbocycles. The van der Waals surface area contributed by atoms with Crippen molar-refractivity contribution in [2.75, 3.05) is 19.7 Å². The first-order valence-corrected chi connectivity index (χ1v) is 7.00. The summed E-state index contributed by atoms with van der Waals surface area (Å²) in [5.41, 5.74) is 2.74. The average molecular weight is 273 g/mol. The van der Waals surface area contributed by atoms with E-state index in [0.29, 0.717) is 18.7 Å². The summed E-state index contributed by atoms with van der Waals surface area (Å²) in [4.78, 5) is 14.0. The van der Waals surface area contributed by atoms with Gasteiger partial charge in [0.25, 0.3) is 0 Å². The summed E-state index contributed by atoms with van der Waals surface area (Å²) < 4.78 is 5.16. The van der Waals surface area contributed by atoms with E-state index >= 15 is 0 Å². The average Bonchev–Trinajstić information content (AvgIpc) is 2.47. The third-order valence-corrected chi connectivity index (χ3v) is 3.55. The smallest absolute Gasteiger partial charge is 0.376 e. The van der Waals surface area contributed by atoms with Crippen molar-refractivity contribution in [1.29, 1.82) is 0 Å². The number of benzene rings is 1. The second kappa shape index (κ2) is 6.73. The molecule has 0 unspecified atom stereocenters. The van der Waals surface area contributed by atoms with Gasteiger partial charge in [0, 0.05) is 6.54 Å². The number of nitrogens with zero attached hydrogens (tertiary/aromatic N) is 1. The maximum Gasteiger partial charge on any atom is 0.376 e. The molecule has 1 aliphatic heterocycles. The van der Waals surface area contributed by atoms with Crippen molar-refractivity contribution in [3.8, 4) is 0 Å². The molecule has 0 saturated carbocycles. The monoisotopic (exact) mass is 273 g/mol. The fourth-order valence-corrected chi connectivity index (χ4v) is 2.47. The quantitative estimate of drug-likeness (QED) is 0.671. The van der Waals surface area contributed by atoms with Crippen molar-refractivity contribution in [2.24, 2.45) is 0 Å². The van der Waals surface area contributed by atoms with Crippen LogP contribution in [0.5, 0.6) is 0 Å². The summed E-state index contributed by atoms with van der Waals surface area (Å²) >= 11 is 0. The predicted octanol–water partition coefficient (Wildman–Crippen LogP) is 1.82. The van der Waals surface area contributed by atoms with Gasteiger partial charge in [-0.1, -0.05) is 30.3 Å². The van der Waals surface area contributed by atoms with Crippen molar-refractivity contribution in [1.82, 2.24) is 4.81 Å². The molecular formula is C15H20BNO3. The zero-order chi connectivity index (χ0) is 14.5. The highest BCUT2D eigenvalue weighted by atomic mass is 16.5. The molecule has 0 spiro atoms. The largest absolute Gasteiger partial charge is 0.463 e. The Morgan fingerprint density at radius 2 is 2.10 bits per heavy atom. The fraction of sp³-hybridized carbons (Fsp3) is 0.400. The molecule has 0 aromatic heterocycles. The van der Waals surface area contributed by atoms with Crippen LogP contribution in [0.3, 0.4) is 0 Å². The number of ether oxygens (including phenoxy) is 1. The summed E-state index contributed by atoms with van der Waals surface area (Å²) in [5.74, 6) is -0.281. The summed E-state index contributed by atoms with van der Waals surface area (Å²) in [6.07, 6.45) is 0.739. The molecule has 0 radical (unpaired) electrons. The normalized spacial score (nSPS) is 16.1. The van der Waals surface area contributed by atoms with Crippen LogP contribution in [0, 0.1) is 0 Å². The third kappa shape index (κ3) is 3.29. The molecular weight excluding hydrogens is 253 g/mol. The lowest BCUT2D eigenvalue weighted by molar-refractivity contribution is -0.138. The minimum atomic E-state index is -0.559. The molecule has 5 heteroatoms. The molecule has 1 N–H and O–H groups in total. The molecule has 0 saturated heterocycles. The van der Waals surface area contributed by atoms with Gasteiger partial charge in [-0.3, -0.25) is 0 Å². The van der Waals surface area contributed by atoms with E-state index in [4.69, 9.17) is 4.74 Å². The van der Waals surface area contributed by atoms with Crippen LogP contribution in [-0.4, -0.2) is 42.6 Å². The van der Waals surface area contributed by atoms with Gasteiger partial charge in [0.15, 0.2) is 0 Å². The standard InChI is InChI=1S/C15H20BNO3/c1-3-20-15(18)14-11-17(16(2)19)10-9-13(14)12-7-5-4-6-8-12/h4-8,19H,3,9-11H2,1-2H3. The van der Waals surface area contributed by atoms with E-state index in [2.05, 4.69) is 0 Å². The molecule has 0 bridgehead atoms. The van der Waals surface area contributed by atoms with Crippen LogP contribution < -0.4 is 0 Å². The summed E-state index contributed by atoms with van der Waals surface area (Å²) in [6.45, 7) is 5.05. The van der Waals surface area contributed by atoms with Gasteiger partial charge in [-0.25, -0.2) is 4.79 Å². The molecule has 0 amide bonds. The van der Waals surface area contributed by atoms with Crippen LogP contribution in [0.4, 0.5) is 0 Å². The molecule has 106 valence electrons. The van der Waals surface area contributed by atoms with Crippen LogP contribution in [-0.2, 0) is 9.53 Å². The first-order chi connectivity index (χ1) is 9.63. The van der Waals surface area contributed by atoms with E-state index in [0.717, 1.165) is 24.1 Å². The second-order valence-electron chi connectivity index (χ2n) is 4.90. The summed E-state index contributed by atoms with van der Waals surface area (Å²) in [7, 11) is -0.559. The van der Waals surface area contributed by atoms with Crippen molar-refractivity contribution < 1.29 is 14.6 Å². The number of carbonyl (C=O) groups excluding carboxylic acids is 1. The number of rotatable bonds is 4. The minimum absolute atomic E-state index is 0.281. The van der Waals surface area contributed by atoms with Crippen molar-refractivity contribution in [2.45, 2.75) is 20.2 Å². The number of carbonyl (C=O) groups is 1. The van der Waals surface area contributed by atoms with E-state index in [9.17, 15) is 9.82 Å². The van der Waals surface area contributed by atoms with E-state index in [1.165, 1.54) is 0 Å². The van der Waals surface area contributed by atoms with E-state index in [1.807, 2.05) is 35.1 Å². The van der Waals surface area contributed by atoms with Crippen LogP contribution in [0.15, 0.2) is 35.9 Å². The summed E-state index contributed by atoms with van der Waals surface area (Å²) in [5, 5.41) is 9.71. The number of hydrogen-bond donors (Lipinski definition) is 1. The molecule has 1 aliphatic rings. The van der Waals surface area contributed by atoms with Gasteiger partial charge in [0.2, 0.25) is 0 Å². The highest BCUT2D eigenvalue weighted by Crippen LogP contribution is 2.28. The van der Waals surface area contributed by atoms with Gasteiger partial charge in [-0.2, -0.15) is 0 Å². The zero-order valence-corrected chi connectivity index (χ0v) is 12.0. The summed E-state index contributed by atoms with van der Waals surface area (Å²) in [6, 6.07) is 9.90. The maximum absolute atomic E-state index is 12.2. The van der Waals surface area contributed by atoms with Crippen LogP contribution in [0.1, 0.15) is 18.9 Å². The Labute approximate surface area is 120 Å². The van der Waals surface area contributed by atoms with Crippen LogP contribution in [0.25, 0.3) is 5.57 Å². The Morgan fingerprint density at radius 1 is 1.40 bits per heavy atom. The molecule has 2 rings (SSSR count). The molecule has 1 aromatic rings. The second-order valence-corrected chi connectivity index (χ2v) is 4.90. The zero-order valence-electron chi connectivity index (χ0n) is 12.0. The highest BCUT2D eigenvalue weighted by molar-refractivity contribution is 6.45. The lowest BCUT2D eigenvalue weighted by Gasteiger charge is -2.30. The van der Waals surface area contributed by atoms with Gasteiger partial charge in [0.1, 0.15) is 0 Å². The Balaban J connectivity index is 2.36. The Hall–Kier alpha value is -1.59. The minimum Gasteiger partial charge on any atom is -0.463 e. The lowest BCUT2D eigenvalue weighted by Crippen LogP contribution is -2.43. The fourth-order valence-electron chi connectivity index (χ4n) is 2.47. The maximum atomic E-state index is 12.2. The highest BCUT2D eigenvalue weighted by Gasteiger charge is 2.28. The van der Waals surface area contributed by atoms with E-state index in [1.54, 1.807) is 13.7 Å². The van der Waals surface area contributed by atoms with Gasteiger partial charge < -0.3 is 14.6 Å². The van der Waals surface area contributed by atoms with Crippen LogP contribution in [0.2, 0.25) is 6.82 Å². The Bertz CT molecular complexity index is 499. The molecule has 1 heterocycles. The first kappa shape index (κ1) is 14.8. The van der Waals surface area contributed by atoms with Crippen molar-refractivity contribution >= 4 is 18.6 Å². The molecule has 0 fully saturated rings. The van der Waals surface area contributed by atoms with Gasteiger partial charge in [-0.05, 0) is 37.8 Å². The molecule has 1 aromatic carbocycles. The van der Waals surface area contributed by atoms with Gasteiger partial charge >= 0.3 is 13.0 Å². The molecule has 0 atom stereocenters. The van der Waals surface area contributed by atoms with Crippen molar-refractivity contribution in [3.05, 3.63) is 41.5 Å². The van der Waals surface area contributed by atoms with Gasteiger partial charge in [0.05, 0.1) is 12.2 Å². The van der Waals surface area contributed by atoms with E-state index < -0.39 is 7.05 Å². The third-order valence-electron chi connectivity index (χ3n) is 3.55. The van der Waals surface area contributed by atoms with E-state index in [-0.39, 0.29) is 5.97 Å². The Morgan fingerprint density at radius 3 is 2.70 bits per heavy atom. The van der Waals surface area contributed by atoms with Crippen molar-refractivity contribution in [3.63, 3.8) is 0 Å².